The maximum atomic E-state index is 6.39. The topological polar surface area (TPSA) is 97.4 Å². The van der Waals surface area contributed by atoms with Crippen LogP contribution in [0.4, 0.5) is 5.82 Å². The largest absolute Gasteiger partial charge is 0.457 e. The second kappa shape index (κ2) is 11.2. The molecule has 3 saturated heterocycles. The summed E-state index contributed by atoms with van der Waals surface area (Å²) in [5.41, 5.74) is 9.02. The number of fused-ring (bicyclic) bond motifs is 1. The van der Waals surface area contributed by atoms with Crippen LogP contribution in [-0.2, 0) is 0 Å². The highest BCUT2D eigenvalue weighted by atomic mass is 16.5. The van der Waals surface area contributed by atoms with E-state index >= 15 is 0 Å². The van der Waals surface area contributed by atoms with Gasteiger partial charge in [-0.25, -0.2) is 14.6 Å². The number of rotatable bonds is 7. The standard InChI is InChI=1S/C31H38N8O/c32-30-28-29(23-6-8-27(9-7-23)40-26-4-2-1-3-5-26)36-39(31(28)35-21-34-30)25-12-16-37(17-13-25)18-22-19-38(20-22)24-10-14-33-15-11-24/h1-9,21-22,24-25,33H,10-20H2,(H2,32,34,35). The van der Waals surface area contributed by atoms with E-state index in [1.54, 1.807) is 6.33 Å². The molecule has 3 fully saturated rings. The molecular weight excluding hydrogens is 500 g/mol. The average molecular weight is 539 g/mol. The summed E-state index contributed by atoms with van der Waals surface area (Å²) in [4.78, 5) is 14.3. The van der Waals surface area contributed by atoms with Crippen molar-refractivity contribution in [2.75, 3.05) is 51.5 Å². The van der Waals surface area contributed by atoms with Crippen LogP contribution in [0.2, 0.25) is 0 Å². The van der Waals surface area contributed by atoms with Gasteiger partial charge in [0.2, 0.25) is 0 Å². The summed E-state index contributed by atoms with van der Waals surface area (Å²) in [5, 5.41) is 9.41. The van der Waals surface area contributed by atoms with Gasteiger partial charge in [0.05, 0.1) is 11.4 Å². The highest BCUT2D eigenvalue weighted by molar-refractivity contribution is 5.98. The summed E-state index contributed by atoms with van der Waals surface area (Å²) in [6.07, 6.45) is 6.29. The van der Waals surface area contributed by atoms with Gasteiger partial charge in [-0.15, -0.1) is 0 Å². The lowest BCUT2D eigenvalue weighted by Gasteiger charge is -2.47. The van der Waals surface area contributed by atoms with Crippen LogP contribution in [0, 0.1) is 5.92 Å². The Bertz CT molecular complexity index is 1420. The van der Waals surface area contributed by atoms with Gasteiger partial charge in [0.25, 0.3) is 0 Å². The number of likely N-dealkylation sites (tertiary alicyclic amines) is 2. The highest BCUT2D eigenvalue weighted by Gasteiger charge is 2.35. The molecule has 40 heavy (non-hydrogen) atoms. The van der Waals surface area contributed by atoms with Gasteiger partial charge in [-0.3, -0.25) is 4.90 Å². The van der Waals surface area contributed by atoms with Crippen molar-refractivity contribution in [3.8, 4) is 22.8 Å². The SMILES string of the molecule is Nc1ncnc2c1c(-c1ccc(Oc3ccccc3)cc1)nn2C1CCN(CC2CN(C3CCNCC3)C2)CC1. The third-order valence-corrected chi connectivity index (χ3v) is 8.85. The molecule has 4 aromatic rings. The summed E-state index contributed by atoms with van der Waals surface area (Å²) in [6, 6.07) is 18.9. The second-order valence-corrected chi connectivity index (χ2v) is 11.5. The molecule has 0 radical (unpaired) electrons. The van der Waals surface area contributed by atoms with Gasteiger partial charge in [0.1, 0.15) is 29.3 Å². The number of hydrogen-bond acceptors (Lipinski definition) is 8. The normalized spacial score (nSPS) is 20.1. The van der Waals surface area contributed by atoms with E-state index in [1.807, 2.05) is 54.6 Å². The highest BCUT2D eigenvalue weighted by Crippen LogP contribution is 2.35. The quantitative estimate of drug-likeness (QED) is 0.362. The number of para-hydroxylation sites is 1. The molecule has 2 aromatic carbocycles. The van der Waals surface area contributed by atoms with Crippen LogP contribution in [0.5, 0.6) is 11.5 Å². The van der Waals surface area contributed by atoms with Crippen molar-refractivity contribution in [1.29, 1.82) is 0 Å². The van der Waals surface area contributed by atoms with Gasteiger partial charge in [0, 0.05) is 44.3 Å². The lowest BCUT2D eigenvalue weighted by molar-refractivity contribution is 0.0137. The zero-order valence-electron chi connectivity index (χ0n) is 23.0. The Morgan fingerprint density at radius 3 is 2.33 bits per heavy atom. The Labute approximate surface area is 235 Å². The van der Waals surface area contributed by atoms with Gasteiger partial charge in [-0.05, 0) is 81.1 Å². The van der Waals surface area contributed by atoms with Gasteiger partial charge >= 0.3 is 0 Å². The summed E-state index contributed by atoms with van der Waals surface area (Å²) in [7, 11) is 0. The number of anilines is 1. The lowest BCUT2D eigenvalue weighted by Crippen LogP contribution is -2.57. The Kier molecular flexibility index (Phi) is 7.09. The van der Waals surface area contributed by atoms with E-state index in [9.17, 15) is 0 Å². The zero-order chi connectivity index (χ0) is 26.9. The van der Waals surface area contributed by atoms with E-state index < -0.39 is 0 Å². The summed E-state index contributed by atoms with van der Waals surface area (Å²) < 4.78 is 8.09. The Morgan fingerprint density at radius 1 is 0.850 bits per heavy atom. The number of nitrogens with zero attached hydrogens (tertiary/aromatic N) is 6. The average Bonchev–Trinajstić information content (AvgIpc) is 3.37. The van der Waals surface area contributed by atoms with Crippen molar-refractivity contribution in [3.63, 3.8) is 0 Å². The van der Waals surface area contributed by atoms with E-state index in [0.717, 1.165) is 71.7 Å². The lowest BCUT2D eigenvalue weighted by atomic mass is 9.92. The summed E-state index contributed by atoms with van der Waals surface area (Å²) in [5.74, 6) is 2.87. The maximum absolute atomic E-state index is 6.39. The van der Waals surface area contributed by atoms with Crippen molar-refractivity contribution in [3.05, 3.63) is 60.9 Å². The minimum atomic E-state index is 0.301. The fourth-order valence-electron chi connectivity index (χ4n) is 6.66. The number of nitrogens with one attached hydrogen (secondary N) is 1. The number of benzene rings is 2. The maximum Gasteiger partial charge on any atom is 0.164 e. The van der Waals surface area contributed by atoms with E-state index in [1.165, 1.54) is 45.6 Å². The Hall–Kier alpha value is -3.53. The molecule has 0 spiro atoms. The van der Waals surface area contributed by atoms with Crippen LogP contribution in [-0.4, -0.2) is 81.4 Å². The van der Waals surface area contributed by atoms with Crippen molar-refractivity contribution < 1.29 is 4.74 Å². The number of nitrogens with two attached hydrogens (primary N) is 1. The molecule has 3 N–H and O–H groups in total. The Balaban J connectivity index is 1.02. The molecule has 3 aliphatic rings. The van der Waals surface area contributed by atoms with E-state index in [-0.39, 0.29) is 0 Å². The number of hydrogen-bond donors (Lipinski definition) is 2. The van der Waals surface area contributed by atoms with E-state index in [2.05, 4.69) is 29.8 Å². The molecule has 0 amide bonds. The van der Waals surface area contributed by atoms with Crippen LogP contribution in [0.3, 0.4) is 0 Å². The smallest absolute Gasteiger partial charge is 0.164 e. The molecule has 208 valence electrons. The third kappa shape index (κ3) is 5.16. The van der Waals surface area contributed by atoms with E-state index in [0.29, 0.717) is 11.9 Å². The Morgan fingerprint density at radius 2 is 1.57 bits per heavy atom. The number of nitrogen functional groups attached to an aromatic ring is 1. The molecule has 0 saturated carbocycles. The summed E-state index contributed by atoms with van der Waals surface area (Å²) in [6.45, 7) is 8.29. The zero-order valence-corrected chi connectivity index (χ0v) is 23.0. The molecule has 0 bridgehead atoms. The van der Waals surface area contributed by atoms with Crippen LogP contribution in [0.15, 0.2) is 60.9 Å². The van der Waals surface area contributed by atoms with Crippen LogP contribution in [0.1, 0.15) is 31.7 Å². The first kappa shape index (κ1) is 25.4. The third-order valence-electron chi connectivity index (χ3n) is 8.85. The number of aromatic nitrogens is 4. The van der Waals surface area contributed by atoms with Crippen LogP contribution in [0.25, 0.3) is 22.3 Å². The number of ether oxygens (including phenoxy) is 1. The second-order valence-electron chi connectivity index (χ2n) is 11.5. The first-order valence-corrected chi connectivity index (χ1v) is 14.7. The molecule has 7 rings (SSSR count). The predicted octanol–water partition coefficient (Wildman–Crippen LogP) is 4.19. The molecule has 9 heteroatoms. The van der Waals surface area contributed by atoms with E-state index in [4.69, 9.17) is 15.6 Å². The van der Waals surface area contributed by atoms with Gasteiger partial charge < -0.3 is 20.7 Å². The molecule has 0 unspecified atom stereocenters. The fourth-order valence-corrected chi connectivity index (χ4v) is 6.66. The van der Waals surface area contributed by atoms with Crippen LogP contribution >= 0.6 is 0 Å². The first-order chi connectivity index (χ1) is 19.7. The molecule has 2 aromatic heterocycles. The molecule has 3 aliphatic heterocycles. The minimum Gasteiger partial charge on any atom is -0.457 e. The van der Waals surface area contributed by atoms with Crippen molar-refractivity contribution in [2.45, 2.75) is 37.8 Å². The molecule has 0 aliphatic carbocycles. The fraction of sp³-hybridized carbons (Fsp3) is 0.452. The predicted molar refractivity (Wildman–Crippen MR) is 157 cm³/mol. The van der Waals surface area contributed by atoms with Crippen molar-refractivity contribution >= 4 is 16.9 Å². The number of piperidine rings is 2. The monoisotopic (exact) mass is 538 g/mol. The van der Waals surface area contributed by atoms with Crippen LogP contribution < -0.4 is 15.8 Å². The van der Waals surface area contributed by atoms with Crippen molar-refractivity contribution in [1.82, 2.24) is 34.9 Å². The molecule has 9 nitrogen and oxygen atoms in total. The van der Waals surface area contributed by atoms with Crippen molar-refractivity contribution in [2.24, 2.45) is 5.92 Å². The van der Waals surface area contributed by atoms with Gasteiger partial charge in [-0.1, -0.05) is 18.2 Å². The molecule has 0 atom stereocenters. The minimum absolute atomic E-state index is 0.301. The van der Waals surface area contributed by atoms with Gasteiger partial charge in [0.15, 0.2) is 5.65 Å². The summed E-state index contributed by atoms with van der Waals surface area (Å²) >= 11 is 0. The molecular formula is C31H38N8O. The molecule has 5 heterocycles. The first-order valence-electron chi connectivity index (χ1n) is 14.7. The van der Waals surface area contributed by atoms with Gasteiger partial charge in [-0.2, -0.15) is 5.10 Å².